The highest BCUT2D eigenvalue weighted by molar-refractivity contribution is 6.00. The van der Waals surface area contributed by atoms with Crippen molar-refractivity contribution in [3.8, 4) is 11.1 Å². The Kier molecular flexibility index (Phi) is 12.0. The molecule has 0 radical (unpaired) electrons. The molecule has 12 aromatic rings. The van der Waals surface area contributed by atoms with Gasteiger partial charge in [0.15, 0.2) is 0 Å². The first kappa shape index (κ1) is 43.6. The minimum absolute atomic E-state index is 1.05. The molecule has 0 saturated carbocycles. The Hall–Kier alpha value is -9.64. The lowest BCUT2D eigenvalue weighted by Crippen LogP contribution is -2.13. The molecule has 12 rings (SSSR count). The van der Waals surface area contributed by atoms with E-state index in [0.29, 0.717) is 0 Å². The van der Waals surface area contributed by atoms with E-state index in [1.54, 1.807) is 0 Å². The fraction of sp³-hybridized carbons (Fsp3) is 0. The summed E-state index contributed by atoms with van der Waals surface area (Å²) in [5, 5.41) is 4.80. The van der Waals surface area contributed by atoms with Crippen molar-refractivity contribution in [1.82, 2.24) is 0 Å². The summed E-state index contributed by atoms with van der Waals surface area (Å²) in [7, 11) is 0. The molecule has 0 aromatic heterocycles. The van der Waals surface area contributed by atoms with Crippen LogP contribution in [0.15, 0.2) is 303 Å². The van der Waals surface area contributed by atoms with Gasteiger partial charge in [-0.25, -0.2) is 0 Å². The number of benzene rings is 12. The summed E-state index contributed by atoms with van der Waals surface area (Å²) < 4.78 is 0. The minimum atomic E-state index is 1.05. The molecule has 0 amide bonds. The van der Waals surface area contributed by atoms with Crippen molar-refractivity contribution in [1.29, 1.82) is 0 Å². The molecular weight excluding hydrogens is 873 g/mol. The summed E-state index contributed by atoms with van der Waals surface area (Å²) in [6.45, 7) is 0. The van der Waals surface area contributed by atoms with E-state index in [4.69, 9.17) is 0 Å². The lowest BCUT2D eigenvalue weighted by Gasteiger charge is -2.30. The topological polar surface area (TPSA) is 13.0 Å². The predicted molar refractivity (Wildman–Crippen MR) is 306 cm³/mol. The zero-order valence-corrected chi connectivity index (χ0v) is 39.7. The van der Waals surface area contributed by atoms with E-state index in [-0.39, 0.29) is 0 Å². The van der Waals surface area contributed by atoms with E-state index in [0.717, 1.165) is 79.4 Å². The zero-order chi connectivity index (χ0) is 48.1. The van der Waals surface area contributed by atoms with Crippen molar-refractivity contribution in [3.63, 3.8) is 0 Å². The number of hydrogen-bond donors (Lipinski definition) is 0. The largest absolute Gasteiger partial charge is 0.311 e. The highest BCUT2D eigenvalue weighted by Crippen LogP contribution is 2.44. The SMILES string of the molecule is c1ccc(N(c2ccccc2)c2ccc(-c3ccc(N(c4ccc(N(c5ccccc5)c5cccc6ccccc56)cc4)c4ccc(N(c5ccccc5)c5cccc6ccccc56)cc4)cc3)cc2)cc1. The van der Waals surface area contributed by atoms with E-state index in [9.17, 15) is 0 Å². The number of fused-ring (bicyclic) bond motifs is 2. The van der Waals surface area contributed by atoms with Crippen LogP contribution in [0.1, 0.15) is 0 Å². The van der Waals surface area contributed by atoms with Gasteiger partial charge < -0.3 is 19.6 Å². The quantitative estimate of drug-likeness (QED) is 0.114. The fourth-order valence-corrected chi connectivity index (χ4v) is 9.97. The monoisotopic (exact) mass is 922 g/mol. The van der Waals surface area contributed by atoms with Gasteiger partial charge in [-0.05, 0) is 155 Å². The van der Waals surface area contributed by atoms with Crippen LogP contribution in [0.2, 0.25) is 0 Å². The molecule has 0 fully saturated rings. The Morgan fingerprint density at radius 1 is 0.153 bits per heavy atom. The molecule has 0 aliphatic heterocycles. The Bertz CT molecular complexity index is 3500. The smallest absolute Gasteiger partial charge is 0.0540 e. The molecule has 4 heteroatoms. The molecule has 0 heterocycles. The van der Waals surface area contributed by atoms with Crippen molar-refractivity contribution >= 4 is 89.8 Å². The van der Waals surface area contributed by atoms with Gasteiger partial charge in [0.2, 0.25) is 0 Å². The Labute approximate surface area is 421 Å². The van der Waals surface area contributed by atoms with Crippen LogP contribution in [0, 0.1) is 0 Å². The zero-order valence-electron chi connectivity index (χ0n) is 39.7. The number of nitrogens with zero attached hydrogens (tertiary/aromatic N) is 4. The molecule has 342 valence electrons. The van der Waals surface area contributed by atoms with Crippen LogP contribution >= 0.6 is 0 Å². The molecule has 0 aliphatic carbocycles. The molecule has 12 aromatic carbocycles. The van der Waals surface area contributed by atoms with Gasteiger partial charge in [0.05, 0.1) is 11.4 Å². The third-order valence-electron chi connectivity index (χ3n) is 13.4. The van der Waals surface area contributed by atoms with Crippen LogP contribution in [0.25, 0.3) is 32.7 Å². The van der Waals surface area contributed by atoms with Crippen molar-refractivity contribution in [2.24, 2.45) is 0 Å². The molecule has 72 heavy (non-hydrogen) atoms. The fourth-order valence-electron chi connectivity index (χ4n) is 9.97. The van der Waals surface area contributed by atoms with Crippen LogP contribution < -0.4 is 19.6 Å². The second-order valence-electron chi connectivity index (χ2n) is 17.8. The Morgan fingerprint density at radius 2 is 0.375 bits per heavy atom. The molecule has 0 spiro atoms. The lowest BCUT2D eigenvalue weighted by atomic mass is 10.0. The van der Waals surface area contributed by atoms with Crippen LogP contribution in [-0.4, -0.2) is 0 Å². The van der Waals surface area contributed by atoms with Gasteiger partial charge >= 0.3 is 0 Å². The third-order valence-corrected chi connectivity index (χ3v) is 13.4. The van der Waals surface area contributed by atoms with E-state index in [1.807, 2.05) is 0 Å². The molecule has 0 bridgehead atoms. The van der Waals surface area contributed by atoms with Crippen molar-refractivity contribution < 1.29 is 0 Å². The van der Waals surface area contributed by atoms with Crippen LogP contribution in [0.4, 0.5) is 68.2 Å². The Balaban J connectivity index is 0.931. The normalized spacial score (nSPS) is 11.1. The van der Waals surface area contributed by atoms with E-state index in [2.05, 4.69) is 323 Å². The molecule has 0 aliphatic rings. The highest BCUT2D eigenvalue weighted by Gasteiger charge is 2.20. The van der Waals surface area contributed by atoms with Gasteiger partial charge in [0, 0.05) is 67.6 Å². The summed E-state index contributed by atoms with van der Waals surface area (Å²) >= 11 is 0. The maximum absolute atomic E-state index is 2.36. The first-order valence-electron chi connectivity index (χ1n) is 24.5. The summed E-state index contributed by atoms with van der Waals surface area (Å²) in [4.78, 5) is 9.36. The van der Waals surface area contributed by atoms with Crippen LogP contribution in [-0.2, 0) is 0 Å². The summed E-state index contributed by atoms with van der Waals surface area (Å²) in [6, 6.07) is 108. The lowest BCUT2D eigenvalue weighted by molar-refractivity contribution is 1.25. The second kappa shape index (κ2) is 19.8. The average Bonchev–Trinajstić information content (AvgIpc) is 3.46. The van der Waals surface area contributed by atoms with E-state index >= 15 is 0 Å². The van der Waals surface area contributed by atoms with Gasteiger partial charge in [-0.1, -0.05) is 170 Å². The highest BCUT2D eigenvalue weighted by atomic mass is 15.2. The first-order valence-corrected chi connectivity index (χ1v) is 24.5. The van der Waals surface area contributed by atoms with Gasteiger partial charge in [-0.3, -0.25) is 0 Å². The van der Waals surface area contributed by atoms with Gasteiger partial charge in [0.25, 0.3) is 0 Å². The molecule has 4 nitrogen and oxygen atoms in total. The number of para-hydroxylation sites is 4. The molecular formula is C68H50N4. The first-order chi connectivity index (χ1) is 35.7. The van der Waals surface area contributed by atoms with Crippen LogP contribution in [0.5, 0.6) is 0 Å². The Morgan fingerprint density at radius 3 is 0.694 bits per heavy atom. The van der Waals surface area contributed by atoms with Crippen molar-refractivity contribution in [2.45, 2.75) is 0 Å². The molecule has 0 atom stereocenters. The summed E-state index contributed by atoms with van der Waals surface area (Å²) in [6.07, 6.45) is 0. The van der Waals surface area contributed by atoms with Crippen molar-refractivity contribution in [2.75, 3.05) is 19.6 Å². The number of hydrogen-bond acceptors (Lipinski definition) is 4. The average molecular weight is 923 g/mol. The van der Waals surface area contributed by atoms with Gasteiger partial charge in [-0.15, -0.1) is 0 Å². The third kappa shape index (κ3) is 8.70. The van der Waals surface area contributed by atoms with Crippen molar-refractivity contribution in [3.05, 3.63) is 303 Å². The molecule has 0 N–H and O–H groups in total. The molecule has 0 saturated heterocycles. The standard InChI is InChI=1S/C68H50N4/c1-5-23-55(24-6-1)69(56-25-7-2-8-26-56)59-39-35-51(36-40-59)52-37-41-60(42-38-52)70(61-43-47-63(48-44-61)71(57-27-9-3-10-28-57)67-33-17-21-53-19-13-15-31-65(53)67)62-45-49-64(50-46-62)72(58-29-11-4-12-30-58)68-34-18-22-54-20-14-16-32-66(54)68/h1-50H. The predicted octanol–water partition coefficient (Wildman–Crippen LogP) is 19.5. The summed E-state index contributed by atoms with van der Waals surface area (Å²) in [5.41, 5.74) is 15.4. The van der Waals surface area contributed by atoms with E-state index < -0.39 is 0 Å². The second-order valence-corrected chi connectivity index (χ2v) is 17.8. The maximum atomic E-state index is 2.36. The molecule has 0 unspecified atom stereocenters. The summed E-state index contributed by atoms with van der Waals surface area (Å²) in [5.74, 6) is 0. The van der Waals surface area contributed by atoms with E-state index in [1.165, 1.54) is 21.5 Å². The minimum Gasteiger partial charge on any atom is -0.311 e. The van der Waals surface area contributed by atoms with Gasteiger partial charge in [-0.2, -0.15) is 0 Å². The number of anilines is 12. The van der Waals surface area contributed by atoms with Crippen LogP contribution in [0.3, 0.4) is 0 Å². The maximum Gasteiger partial charge on any atom is 0.0540 e. The number of rotatable bonds is 13. The van der Waals surface area contributed by atoms with Gasteiger partial charge in [0.1, 0.15) is 0 Å².